The van der Waals surface area contributed by atoms with Crippen molar-refractivity contribution in [1.82, 2.24) is 19.9 Å². The Bertz CT molecular complexity index is 1070. The van der Waals surface area contributed by atoms with E-state index in [2.05, 4.69) is 21.0 Å². The number of hydrogen-bond donors (Lipinski definition) is 2. The molecule has 0 aliphatic heterocycles. The van der Waals surface area contributed by atoms with E-state index in [1.807, 2.05) is 45.2 Å². The highest BCUT2D eigenvalue weighted by Gasteiger charge is 2.26. The number of aromatic nitrogens is 4. The molecule has 0 aliphatic carbocycles. The van der Waals surface area contributed by atoms with Crippen molar-refractivity contribution in [2.24, 2.45) is 5.41 Å². The van der Waals surface area contributed by atoms with Crippen molar-refractivity contribution in [1.29, 1.82) is 0 Å². The van der Waals surface area contributed by atoms with Gasteiger partial charge in [-0.3, -0.25) is 4.79 Å². The molecule has 4 rings (SSSR count). The molecule has 0 unspecified atom stereocenters. The van der Waals surface area contributed by atoms with E-state index in [4.69, 9.17) is 4.98 Å². The van der Waals surface area contributed by atoms with Crippen LogP contribution in [0.25, 0.3) is 33.3 Å². The average molecular weight is 318 g/mol. The molecule has 5 heteroatoms. The first-order chi connectivity index (χ1) is 11.4. The van der Waals surface area contributed by atoms with Gasteiger partial charge in [0.05, 0.1) is 17.5 Å². The van der Waals surface area contributed by atoms with Crippen molar-refractivity contribution < 1.29 is 4.79 Å². The summed E-state index contributed by atoms with van der Waals surface area (Å²) in [7, 11) is 0. The molecule has 1 aromatic carbocycles. The van der Waals surface area contributed by atoms with Crippen LogP contribution in [0.4, 0.5) is 0 Å². The van der Waals surface area contributed by atoms with Crippen LogP contribution < -0.4 is 0 Å². The number of aromatic amines is 2. The number of carbonyl (C=O) groups is 1. The van der Waals surface area contributed by atoms with Crippen molar-refractivity contribution in [3.63, 3.8) is 0 Å². The summed E-state index contributed by atoms with van der Waals surface area (Å²) in [5.74, 6) is 0.0567. The number of carbonyl (C=O) groups excluding carboxylic acids is 1. The van der Waals surface area contributed by atoms with Gasteiger partial charge in [0.2, 0.25) is 0 Å². The van der Waals surface area contributed by atoms with Gasteiger partial charge in [-0.05, 0) is 18.2 Å². The maximum atomic E-state index is 12.6. The van der Waals surface area contributed by atoms with Gasteiger partial charge >= 0.3 is 0 Å². The number of nitrogens with zero attached hydrogens (tertiary/aromatic N) is 2. The van der Waals surface area contributed by atoms with Crippen LogP contribution in [0.2, 0.25) is 0 Å². The largest absolute Gasteiger partial charge is 0.361 e. The number of hydrogen-bond acceptors (Lipinski definition) is 3. The van der Waals surface area contributed by atoms with Crippen LogP contribution in [0.3, 0.4) is 0 Å². The molecule has 24 heavy (non-hydrogen) atoms. The van der Waals surface area contributed by atoms with E-state index in [0.717, 1.165) is 22.2 Å². The highest BCUT2D eigenvalue weighted by atomic mass is 16.1. The van der Waals surface area contributed by atoms with E-state index in [9.17, 15) is 4.79 Å². The van der Waals surface area contributed by atoms with Crippen molar-refractivity contribution >= 4 is 27.9 Å². The van der Waals surface area contributed by atoms with Crippen LogP contribution >= 0.6 is 0 Å². The number of benzene rings is 1. The lowest BCUT2D eigenvalue weighted by atomic mass is 9.87. The Kier molecular flexibility index (Phi) is 3.06. The Balaban J connectivity index is 1.86. The van der Waals surface area contributed by atoms with Gasteiger partial charge in [-0.1, -0.05) is 26.8 Å². The maximum Gasteiger partial charge on any atom is 0.171 e. The van der Waals surface area contributed by atoms with Crippen molar-refractivity contribution in [2.45, 2.75) is 20.8 Å². The second-order valence-electron chi connectivity index (χ2n) is 7.01. The number of rotatable bonds is 2. The van der Waals surface area contributed by atoms with Gasteiger partial charge in [0.15, 0.2) is 11.4 Å². The summed E-state index contributed by atoms with van der Waals surface area (Å²) in [5, 5.41) is 1.12. The first-order valence-corrected chi connectivity index (χ1v) is 7.90. The Hall–Kier alpha value is -2.95. The summed E-state index contributed by atoms with van der Waals surface area (Å²) in [6, 6.07) is 8.12. The van der Waals surface area contributed by atoms with Crippen molar-refractivity contribution in [2.75, 3.05) is 0 Å². The van der Waals surface area contributed by atoms with Crippen LogP contribution in [0.1, 0.15) is 31.1 Å². The molecule has 0 fully saturated rings. The zero-order chi connectivity index (χ0) is 16.9. The highest BCUT2D eigenvalue weighted by molar-refractivity contribution is 6.08. The monoisotopic (exact) mass is 318 g/mol. The summed E-state index contributed by atoms with van der Waals surface area (Å²) in [4.78, 5) is 28.0. The summed E-state index contributed by atoms with van der Waals surface area (Å²) in [6.45, 7) is 5.72. The third-order valence-electron chi connectivity index (χ3n) is 4.16. The fraction of sp³-hybridized carbons (Fsp3) is 0.211. The van der Waals surface area contributed by atoms with Gasteiger partial charge in [0.25, 0.3) is 0 Å². The molecule has 3 aromatic heterocycles. The number of H-pyrrole nitrogens is 2. The molecule has 0 bridgehead atoms. The molecule has 0 amide bonds. The Labute approximate surface area is 139 Å². The number of nitrogens with one attached hydrogen (secondary N) is 2. The van der Waals surface area contributed by atoms with E-state index in [-0.39, 0.29) is 5.78 Å². The summed E-state index contributed by atoms with van der Waals surface area (Å²) in [5.41, 5.74) is 4.21. The van der Waals surface area contributed by atoms with E-state index in [1.54, 1.807) is 12.4 Å². The van der Waals surface area contributed by atoms with Crippen molar-refractivity contribution in [3.8, 4) is 11.3 Å². The molecule has 120 valence electrons. The van der Waals surface area contributed by atoms with Crippen LogP contribution in [-0.4, -0.2) is 25.7 Å². The molecule has 0 spiro atoms. The molecule has 0 saturated heterocycles. The molecule has 2 N–H and O–H groups in total. The van der Waals surface area contributed by atoms with E-state index in [0.29, 0.717) is 16.7 Å². The standard InChI is InChI=1S/C19H18N4O/c1-19(2,3)17(24)13-9-21-18-16(13)23-15(10-22-18)11-4-5-14-12(8-11)6-7-20-14/h4-10,20H,1-3H3,(H,21,22). The van der Waals surface area contributed by atoms with Gasteiger partial charge in [-0.2, -0.15) is 0 Å². The third-order valence-corrected chi connectivity index (χ3v) is 4.16. The predicted octanol–water partition coefficient (Wildman–Crippen LogP) is 4.34. The number of fused-ring (bicyclic) bond motifs is 2. The van der Waals surface area contributed by atoms with E-state index in [1.165, 1.54) is 0 Å². The molecule has 5 nitrogen and oxygen atoms in total. The van der Waals surface area contributed by atoms with Gasteiger partial charge in [0.1, 0.15) is 5.52 Å². The molecule has 0 atom stereocenters. The SMILES string of the molecule is CC(C)(C)C(=O)c1c[nH]c2ncc(-c3ccc4[nH]ccc4c3)nc12. The molecular weight excluding hydrogens is 300 g/mol. The van der Waals surface area contributed by atoms with Gasteiger partial charge < -0.3 is 9.97 Å². The Morgan fingerprint density at radius 1 is 1.12 bits per heavy atom. The Morgan fingerprint density at radius 2 is 1.96 bits per heavy atom. The van der Waals surface area contributed by atoms with E-state index >= 15 is 0 Å². The smallest absolute Gasteiger partial charge is 0.171 e. The van der Waals surface area contributed by atoms with Gasteiger partial charge in [-0.15, -0.1) is 0 Å². The minimum atomic E-state index is -0.461. The number of ketones is 1. The fourth-order valence-electron chi connectivity index (χ4n) is 2.82. The second-order valence-corrected chi connectivity index (χ2v) is 7.01. The lowest BCUT2D eigenvalue weighted by Crippen LogP contribution is -2.20. The van der Waals surface area contributed by atoms with Crippen molar-refractivity contribution in [3.05, 3.63) is 48.4 Å². The third kappa shape index (κ3) is 2.29. The van der Waals surface area contributed by atoms with Gasteiger partial charge in [-0.25, -0.2) is 9.97 Å². The fourth-order valence-corrected chi connectivity index (χ4v) is 2.82. The predicted molar refractivity (Wildman–Crippen MR) is 95.0 cm³/mol. The maximum absolute atomic E-state index is 12.6. The molecule has 3 heterocycles. The quantitative estimate of drug-likeness (QED) is 0.540. The Morgan fingerprint density at radius 3 is 2.75 bits per heavy atom. The average Bonchev–Trinajstić information content (AvgIpc) is 3.18. The number of Topliss-reactive ketones (excluding diaryl/α,β-unsaturated/α-hetero) is 1. The van der Waals surface area contributed by atoms with Crippen LogP contribution in [-0.2, 0) is 0 Å². The minimum absolute atomic E-state index is 0.0567. The van der Waals surface area contributed by atoms with Crippen LogP contribution in [0.5, 0.6) is 0 Å². The molecule has 0 saturated carbocycles. The van der Waals surface area contributed by atoms with Crippen LogP contribution in [0, 0.1) is 5.41 Å². The lowest BCUT2D eigenvalue weighted by Gasteiger charge is -2.15. The summed E-state index contributed by atoms with van der Waals surface area (Å²) >= 11 is 0. The van der Waals surface area contributed by atoms with E-state index < -0.39 is 5.41 Å². The topological polar surface area (TPSA) is 74.4 Å². The zero-order valence-electron chi connectivity index (χ0n) is 13.8. The zero-order valence-corrected chi connectivity index (χ0v) is 13.8. The first kappa shape index (κ1) is 14.6. The lowest BCUT2D eigenvalue weighted by molar-refractivity contribution is 0.0860. The summed E-state index contributed by atoms with van der Waals surface area (Å²) in [6.07, 6.45) is 5.35. The van der Waals surface area contributed by atoms with Crippen LogP contribution in [0.15, 0.2) is 42.9 Å². The molecule has 4 aromatic rings. The second kappa shape index (κ2) is 5.03. The summed E-state index contributed by atoms with van der Waals surface area (Å²) < 4.78 is 0. The molecular formula is C19H18N4O. The normalized spacial score (nSPS) is 12.1. The molecule has 0 radical (unpaired) electrons. The minimum Gasteiger partial charge on any atom is -0.361 e. The molecule has 0 aliphatic rings. The highest BCUT2D eigenvalue weighted by Crippen LogP contribution is 2.27. The first-order valence-electron chi connectivity index (χ1n) is 7.90. The van der Waals surface area contributed by atoms with Gasteiger partial charge in [0, 0.05) is 34.3 Å².